The monoisotopic (exact) mass is 586 g/mol. The number of carbonyl (C=O) groups excluding carboxylic acids is 3. The van der Waals surface area contributed by atoms with Crippen LogP contribution in [0.3, 0.4) is 0 Å². The zero-order valence-electron chi connectivity index (χ0n) is 22.3. The number of rotatable bonds is 9. The molecule has 0 saturated carbocycles. The third kappa shape index (κ3) is 6.42. The van der Waals surface area contributed by atoms with Crippen molar-refractivity contribution in [1.29, 1.82) is 0 Å². The molecule has 1 N–H and O–H groups in total. The number of nitrogens with zero attached hydrogens (tertiary/aromatic N) is 1. The lowest BCUT2D eigenvalue weighted by molar-refractivity contribution is -0.122. The lowest BCUT2D eigenvalue weighted by atomic mass is 10.1. The molecule has 1 heterocycles. The fourth-order valence-electron chi connectivity index (χ4n) is 4.16. The molecular weight excluding hydrogens is 563 g/mol. The number of hydrogen-bond donors (Lipinski definition) is 1. The smallest absolute Gasteiger partial charge is 0.335 e. The second-order valence-electron chi connectivity index (χ2n) is 9.16. The van der Waals surface area contributed by atoms with Crippen molar-refractivity contribution in [3.05, 3.63) is 124 Å². The van der Waals surface area contributed by atoms with Crippen LogP contribution in [0, 0.1) is 5.82 Å². The first-order valence-corrected chi connectivity index (χ1v) is 13.1. The van der Waals surface area contributed by atoms with E-state index in [0.29, 0.717) is 27.8 Å². The molecule has 0 unspecified atom stereocenters. The van der Waals surface area contributed by atoms with Crippen molar-refractivity contribution in [3.8, 4) is 17.2 Å². The van der Waals surface area contributed by atoms with Gasteiger partial charge in [-0.15, -0.1) is 0 Å². The molecule has 1 aliphatic heterocycles. The van der Waals surface area contributed by atoms with E-state index in [0.717, 1.165) is 16.0 Å². The molecular formula is C32H24ClFN2O6. The number of halogens is 2. The molecule has 5 rings (SSSR count). The quantitative estimate of drug-likeness (QED) is 0.182. The van der Waals surface area contributed by atoms with Gasteiger partial charge in [-0.05, 0) is 71.8 Å². The summed E-state index contributed by atoms with van der Waals surface area (Å²) in [4.78, 5) is 39.5. The van der Waals surface area contributed by atoms with Gasteiger partial charge < -0.3 is 14.2 Å². The maximum Gasteiger partial charge on any atom is 0.335 e. The van der Waals surface area contributed by atoms with Crippen LogP contribution in [0.5, 0.6) is 17.2 Å². The molecule has 4 aromatic carbocycles. The van der Waals surface area contributed by atoms with Crippen LogP contribution < -0.4 is 24.4 Å². The maximum atomic E-state index is 13.3. The van der Waals surface area contributed by atoms with Crippen molar-refractivity contribution >= 4 is 41.2 Å². The second-order valence-corrected chi connectivity index (χ2v) is 9.56. The summed E-state index contributed by atoms with van der Waals surface area (Å²) >= 11 is 6.17. The molecule has 1 aliphatic rings. The third-order valence-corrected chi connectivity index (χ3v) is 6.72. The minimum Gasteiger partial charge on any atom is -0.493 e. The number of benzene rings is 4. The van der Waals surface area contributed by atoms with Gasteiger partial charge in [0.05, 0.1) is 12.8 Å². The van der Waals surface area contributed by atoms with Crippen LogP contribution in [-0.4, -0.2) is 25.0 Å². The van der Waals surface area contributed by atoms with E-state index in [1.165, 1.54) is 25.3 Å². The van der Waals surface area contributed by atoms with E-state index < -0.39 is 17.8 Å². The van der Waals surface area contributed by atoms with Gasteiger partial charge in [0, 0.05) is 10.6 Å². The average molecular weight is 587 g/mol. The first-order valence-electron chi connectivity index (χ1n) is 12.8. The van der Waals surface area contributed by atoms with Crippen LogP contribution in [0.2, 0.25) is 5.02 Å². The fourth-order valence-corrected chi connectivity index (χ4v) is 4.35. The van der Waals surface area contributed by atoms with Gasteiger partial charge in [0.15, 0.2) is 11.5 Å². The summed E-state index contributed by atoms with van der Waals surface area (Å²) < 4.78 is 30.2. The third-order valence-electron chi connectivity index (χ3n) is 6.36. The summed E-state index contributed by atoms with van der Waals surface area (Å²) in [5.41, 5.74) is 2.06. The summed E-state index contributed by atoms with van der Waals surface area (Å²) in [5, 5.41) is 2.79. The van der Waals surface area contributed by atoms with Gasteiger partial charge in [-0.1, -0.05) is 48.0 Å². The maximum absolute atomic E-state index is 13.3. The van der Waals surface area contributed by atoms with Crippen molar-refractivity contribution in [1.82, 2.24) is 5.32 Å². The molecule has 0 aliphatic carbocycles. The molecule has 4 aromatic rings. The average Bonchev–Trinajstić information content (AvgIpc) is 2.99. The highest BCUT2D eigenvalue weighted by molar-refractivity contribution is 6.39. The number of hydrogen-bond acceptors (Lipinski definition) is 6. The largest absolute Gasteiger partial charge is 0.493 e. The summed E-state index contributed by atoms with van der Waals surface area (Å²) in [6.45, 7) is 0.419. The molecule has 8 nitrogen and oxygen atoms in total. The molecule has 0 spiro atoms. The molecule has 1 saturated heterocycles. The van der Waals surface area contributed by atoms with Crippen LogP contribution in [0.25, 0.3) is 6.08 Å². The Bertz CT molecular complexity index is 1670. The first-order chi connectivity index (χ1) is 20.3. The first kappa shape index (κ1) is 28.4. The van der Waals surface area contributed by atoms with Crippen molar-refractivity contribution in [2.24, 2.45) is 0 Å². The SMILES string of the molecule is COc1cc(/C=C2\C(=O)NC(=O)N(c3ccc(OCc4ccccc4Cl)cc3)C2=O)ccc1OCc1ccc(F)cc1. The van der Waals surface area contributed by atoms with Gasteiger partial charge in [-0.3, -0.25) is 14.9 Å². The van der Waals surface area contributed by atoms with Crippen LogP contribution in [0.15, 0.2) is 96.6 Å². The molecule has 0 aromatic heterocycles. The number of nitrogens with one attached hydrogen (secondary N) is 1. The molecule has 212 valence electrons. The fraction of sp³-hybridized carbons (Fsp3) is 0.0938. The number of urea groups is 1. The van der Waals surface area contributed by atoms with Gasteiger partial charge in [-0.2, -0.15) is 0 Å². The van der Waals surface area contributed by atoms with Crippen molar-refractivity contribution in [3.63, 3.8) is 0 Å². The summed E-state index contributed by atoms with van der Waals surface area (Å²) in [5.74, 6) is -0.678. The van der Waals surface area contributed by atoms with E-state index >= 15 is 0 Å². The topological polar surface area (TPSA) is 94.2 Å². The number of imide groups is 2. The van der Waals surface area contributed by atoms with Crippen LogP contribution >= 0.6 is 11.6 Å². The Kier molecular flexibility index (Phi) is 8.50. The minimum absolute atomic E-state index is 0.179. The van der Waals surface area contributed by atoms with Gasteiger partial charge in [0.25, 0.3) is 11.8 Å². The highest BCUT2D eigenvalue weighted by Gasteiger charge is 2.36. The zero-order chi connectivity index (χ0) is 29.6. The number of carbonyl (C=O) groups is 3. The molecule has 0 radical (unpaired) electrons. The Morgan fingerprint density at radius 2 is 1.60 bits per heavy atom. The molecule has 0 atom stereocenters. The van der Waals surface area contributed by atoms with Gasteiger partial charge >= 0.3 is 6.03 Å². The van der Waals surface area contributed by atoms with Gasteiger partial charge in [0.1, 0.15) is 30.4 Å². The Labute approximate surface area is 245 Å². The molecule has 10 heteroatoms. The highest BCUT2D eigenvalue weighted by atomic mass is 35.5. The zero-order valence-corrected chi connectivity index (χ0v) is 23.1. The number of amides is 4. The predicted molar refractivity (Wildman–Crippen MR) is 155 cm³/mol. The molecule has 0 bridgehead atoms. The lowest BCUT2D eigenvalue weighted by Crippen LogP contribution is -2.54. The molecule has 1 fully saturated rings. The summed E-state index contributed by atoms with van der Waals surface area (Å²) in [6, 6.07) is 23.5. The standard InChI is InChI=1S/C32H24ClFN2O6/c1-40-29-17-21(8-15-28(29)42-18-20-6-9-23(34)10-7-20)16-26-30(37)35-32(39)36(31(26)38)24-11-13-25(14-12-24)41-19-22-4-2-3-5-27(22)33/h2-17H,18-19H2,1H3,(H,35,37,39)/b26-16+. The van der Waals surface area contributed by atoms with E-state index in [1.54, 1.807) is 60.7 Å². The lowest BCUT2D eigenvalue weighted by Gasteiger charge is -2.26. The Morgan fingerprint density at radius 3 is 2.31 bits per heavy atom. The van der Waals surface area contributed by atoms with E-state index in [2.05, 4.69) is 5.32 Å². The van der Waals surface area contributed by atoms with Crippen LogP contribution in [0.1, 0.15) is 16.7 Å². The van der Waals surface area contributed by atoms with Gasteiger partial charge in [0.2, 0.25) is 0 Å². The highest BCUT2D eigenvalue weighted by Crippen LogP contribution is 2.31. The molecule has 4 amide bonds. The number of ether oxygens (including phenoxy) is 3. The Balaban J connectivity index is 1.31. The predicted octanol–water partition coefficient (Wildman–Crippen LogP) is 6.31. The number of anilines is 1. The van der Waals surface area contributed by atoms with Crippen LogP contribution in [-0.2, 0) is 22.8 Å². The second kappa shape index (κ2) is 12.6. The van der Waals surface area contributed by atoms with Crippen molar-refractivity contribution in [2.75, 3.05) is 12.0 Å². The normalized spacial score (nSPS) is 14.1. The number of methoxy groups -OCH3 is 1. The number of barbiturate groups is 1. The molecule has 42 heavy (non-hydrogen) atoms. The Hall–Kier alpha value is -5.15. The summed E-state index contributed by atoms with van der Waals surface area (Å²) in [6.07, 6.45) is 1.37. The van der Waals surface area contributed by atoms with E-state index in [4.69, 9.17) is 25.8 Å². The minimum atomic E-state index is -0.867. The van der Waals surface area contributed by atoms with Gasteiger partial charge in [-0.25, -0.2) is 14.1 Å². The van der Waals surface area contributed by atoms with Crippen molar-refractivity contribution in [2.45, 2.75) is 13.2 Å². The Morgan fingerprint density at radius 1 is 0.857 bits per heavy atom. The van der Waals surface area contributed by atoms with Crippen molar-refractivity contribution < 1.29 is 33.0 Å². The van der Waals surface area contributed by atoms with E-state index in [9.17, 15) is 18.8 Å². The van der Waals surface area contributed by atoms with E-state index in [1.807, 2.05) is 18.2 Å². The van der Waals surface area contributed by atoms with Crippen LogP contribution in [0.4, 0.5) is 14.9 Å². The summed E-state index contributed by atoms with van der Waals surface area (Å²) in [7, 11) is 1.46. The van der Waals surface area contributed by atoms with E-state index in [-0.39, 0.29) is 30.3 Å².